The van der Waals surface area contributed by atoms with Gasteiger partial charge in [0, 0.05) is 9.95 Å². The van der Waals surface area contributed by atoms with Gasteiger partial charge in [0.1, 0.15) is 12.6 Å². The standard InChI is InChI=1S/C12H12BrClN2O4/c1-2-7-20-12(17)15-10(11(13)16(18)19)8-3-5-9(14)6-4-8/h2-6,10-11H,1,7H2,(H,15,17)/t10-,11?/m1/s1. The van der Waals surface area contributed by atoms with Crippen LogP contribution >= 0.6 is 27.5 Å². The Morgan fingerprint density at radius 1 is 1.55 bits per heavy atom. The molecule has 0 heterocycles. The molecule has 1 aromatic rings. The molecule has 1 amide bonds. The average molecular weight is 364 g/mol. The highest BCUT2D eigenvalue weighted by atomic mass is 79.9. The largest absolute Gasteiger partial charge is 0.445 e. The maximum atomic E-state index is 11.5. The van der Waals surface area contributed by atoms with Gasteiger partial charge in [-0.15, -0.1) is 0 Å². The zero-order valence-electron chi connectivity index (χ0n) is 10.3. The molecule has 0 spiro atoms. The van der Waals surface area contributed by atoms with Crippen molar-refractivity contribution in [3.05, 3.63) is 57.6 Å². The number of benzene rings is 1. The highest BCUT2D eigenvalue weighted by Crippen LogP contribution is 2.24. The quantitative estimate of drug-likeness (QED) is 0.276. The summed E-state index contributed by atoms with van der Waals surface area (Å²) in [7, 11) is 0. The predicted molar refractivity (Wildman–Crippen MR) is 78.6 cm³/mol. The van der Waals surface area contributed by atoms with Gasteiger partial charge in [-0.3, -0.25) is 10.1 Å². The molecule has 0 saturated carbocycles. The molecule has 0 aromatic heterocycles. The van der Waals surface area contributed by atoms with Crippen molar-refractivity contribution in [2.24, 2.45) is 0 Å². The fraction of sp³-hybridized carbons (Fsp3) is 0.250. The monoisotopic (exact) mass is 362 g/mol. The van der Waals surface area contributed by atoms with Crippen molar-refractivity contribution in [3.63, 3.8) is 0 Å². The van der Waals surface area contributed by atoms with E-state index in [-0.39, 0.29) is 6.61 Å². The molecule has 0 aliphatic carbocycles. The molecular formula is C12H12BrClN2O4. The Morgan fingerprint density at radius 3 is 2.65 bits per heavy atom. The first kappa shape index (κ1) is 16.5. The first-order valence-electron chi connectivity index (χ1n) is 5.53. The fourth-order valence-corrected chi connectivity index (χ4v) is 1.97. The van der Waals surface area contributed by atoms with E-state index in [0.717, 1.165) is 0 Å². The number of halogens is 2. The highest BCUT2D eigenvalue weighted by Gasteiger charge is 2.31. The summed E-state index contributed by atoms with van der Waals surface area (Å²) in [5.41, 5.74) is 0.531. The van der Waals surface area contributed by atoms with Crippen LogP contribution in [0.2, 0.25) is 5.02 Å². The number of carbonyl (C=O) groups excluding carboxylic acids is 1. The summed E-state index contributed by atoms with van der Waals surface area (Å²) in [6.07, 6.45) is 0.631. The zero-order chi connectivity index (χ0) is 15.1. The Balaban J connectivity index is 2.90. The van der Waals surface area contributed by atoms with Gasteiger partial charge < -0.3 is 10.1 Å². The summed E-state index contributed by atoms with van der Waals surface area (Å²) >= 11 is 8.70. The van der Waals surface area contributed by atoms with E-state index in [1.54, 1.807) is 24.3 Å². The lowest BCUT2D eigenvalue weighted by Crippen LogP contribution is -2.37. The summed E-state index contributed by atoms with van der Waals surface area (Å²) in [6, 6.07) is 5.47. The molecule has 1 N–H and O–H groups in total. The fourth-order valence-electron chi connectivity index (χ4n) is 1.41. The number of alkyl carbamates (subject to hydrolysis) is 1. The van der Waals surface area contributed by atoms with Crippen LogP contribution in [0.5, 0.6) is 0 Å². The van der Waals surface area contributed by atoms with Crippen molar-refractivity contribution in [2.75, 3.05) is 6.61 Å². The van der Waals surface area contributed by atoms with E-state index < -0.39 is 22.0 Å². The maximum Gasteiger partial charge on any atom is 0.408 e. The zero-order valence-corrected chi connectivity index (χ0v) is 12.6. The van der Waals surface area contributed by atoms with Crippen molar-refractivity contribution in [3.8, 4) is 0 Å². The summed E-state index contributed by atoms with van der Waals surface area (Å²) in [5, 5.41) is 13.8. The normalized spacial score (nSPS) is 13.1. The number of carbonyl (C=O) groups is 1. The summed E-state index contributed by atoms with van der Waals surface area (Å²) in [5.74, 6) is 0. The molecule has 0 radical (unpaired) electrons. The van der Waals surface area contributed by atoms with Gasteiger partial charge in [0.2, 0.25) is 0 Å². The van der Waals surface area contributed by atoms with Crippen molar-refractivity contribution >= 4 is 33.6 Å². The molecule has 0 fully saturated rings. The van der Waals surface area contributed by atoms with Crippen LogP contribution in [-0.2, 0) is 4.74 Å². The van der Waals surface area contributed by atoms with Gasteiger partial charge in [0.15, 0.2) is 0 Å². The first-order chi connectivity index (χ1) is 9.45. The Labute approximate surface area is 129 Å². The van der Waals surface area contributed by atoms with E-state index in [1.165, 1.54) is 6.08 Å². The van der Waals surface area contributed by atoms with E-state index in [4.69, 9.17) is 16.3 Å². The van der Waals surface area contributed by atoms with Crippen LogP contribution in [0.1, 0.15) is 11.6 Å². The van der Waals surface area contributed by atoms with E-state index >= 15 is 0 Å². The van der Waals surface area contributed by atoms with Crippen LogP contribution in [-0.4, -0.2) is 22.6 Å². The number of alkyl halides is 1. The molecule has 1 aromatic carbocycles. The lowest BCUT2D eigenvalue weighted by atomic mass is 10.1. The Kier molecular flexibility index (Phi) is 6.47. The third-order valence-electron chi connectivity index (χ3n) is 2.31. The molecule has 1 rings (SSSR count). The number of ether oxygens (including phenoxy) is 1. The number of amides is 1. The molecule has 0 bridgehead atoms. The van der Waals surface area contributed by atoms with Crippen molar-refractivity contribution in [2.45, 2.75) is 11.0 Å². The molecular weight excluding hydrogens is 351 g/mol. The smallest absolute Gasteiger partial charge is 0.408 e. The average Bonchev–Trinajstić information content (AvgIpc) is 2.42. The predicted octanol–water partition coefficient (Wildman–Crippen LogP) is 3.29. The molecule has 8 heteroatoms. The van der Waals surface area contributed by atoms with Gasteiger partial charge >= 0.3 is 6.09 Å². The lowest BCUT2D eigenvalue weighted by molar-refractivity contribution is -0.497. The third-order valence-corrected chi connectivity index (χ3v) is 3.43. The van der Waals surface area contributed by atoms with Gasteiger partial charge in [-0.2, -0.15) is 0 Å². The minimum Gasteiger partial charge on any atom is -0.445 e. The van der Waals surface area contributed by atoms with Crippen molar-refractivity contribution in [1.29, 1.82) is 0 Å². The summed E-state index contributed by atoms with van der Waals surface area (Å²) in [6.45, 7) is 3.42. The maximum absolute atomic E-state index is 11.5. The number of hydrogen-bond acceptors (Lipinski definition) is 4. The highest BCUT2D eigenvalue weighted by molar-refractivity contribution is 9.09. The Bertz CT molecular complexity index is 495. The topological polar surface area (TPSA) is 81.5 Å². The lowest BCUT2D eigenvalue weighted by Gasteiger charge is -2.18. The number of nitro groups is 1. The summed E-state index contributed by atoms with van der Waals surface area (Å²) < 4.78 is 4.76. The van der Waals surface area contributed by atoms with E-state index in [9.17, 15) is 14.9 Å². The van der Waals surface area contributed by atoms with Gasteiger partial charge in [-0.05, 0) is 33.6 Å². The van der Waals surface area contributed by atoms with E-state index in [0.29, 0.717) is 10.6 Å². The van der Waals surface area contributed by atoms with E-state index in [2.05, 4.69) is 27.8 Å². The molecule has 20 heavy (non-hydrogen) atoms. The molecule has 108 valence electrons. The molecule has 0 aliphatic rings. The van der Waals surface area contributed by atoms with Crippen LogP contribution in [0.25, 0.3) is 0 Å². The van der Waals surface area contributed by atoms with Crippen LogP contribution in [0.15, 0.2) is 36.9 Å². The minimum absolute atomic E-state index is 0.0184. The molecule has 0 saturated heterocycles. The second-order valence-electron chi connectivity index (χ2n) is 3.72. The van der Waals surface area contributed by atoms with Gasteiger partial charge in [-0.1, -0.05) is 36.4 Å². The molecule has 0 aliphatic heterocycles. The molecule has 6 nitrogen and oxygen atoms in total. The SMILES string of the molecule is C=CCOC(=O)N[C@H](c1ccc(Cl)cc1)C(Br)[N+](=O)[O-]. The van der Waals surface area contributed by atoms with Crippen LogP contribution in [0, 0.1) is 10.1 Å². The van der Waals surface area contributed by atoms with E-state index in [1.807, 2.05) is 0 Å². The third kappa shape index (κ3) is 4.82. The number of hydrogen-bond donors (Lipinski definition) is 1. The Morgan fingerprint density at radius 2 is 2.15 bits per heavy atom. The number of nitrogens with one attached hydrogen (secondary N) is 1. The minimum atomic E-state index is -1.19. The Hall–Kier alpha value is -1.60. The van der Waals surface area contributed by atoms with Crippen molar-refractivity contribution in [1.82, 2.24) is 5.32 Å². The van der Waals surface area contributed by atoms with Gasteiger partial charge in [-0.25, -0.2) is 4.79 Å². The van der Waals surface area contributed by atoms with Crippen LogP contribution in [0.3, 0.4) is 0 Å². The first-order valence-corrected chi connectivity index (χ1v) is 6.82. The molecule has 1 unspecified atom stereocenters. The van der Waals surface area contributed by atoms with Crippen LogP contribution < -0.4 is 5.32 Å². The van der Waals surface area contributed by atoms with Crippen molar-refractivity contribution < 1.29 is 14.5 Å². The van der Waals surface area contributed by atoms with Gasteiger partial charge in [0.05, 0.1) is 0 Å². The number of nitrogens with zero attached hydrogens (tertiary/aromatic N) is 1. The number of rotatable bonds is 6. The van der Waals surface area contributed by atoms with Gasteiger partial charge in [0.25, 0.3) is 4.95 Å². The van der Waals surface area contributed by atoms with Crippen LogP contribution in [0.4, 0.5) is 4.79 Å². The summed E-state index contributed by atoms with van der Waals surface area (Å²) in [4.78, 5) is 20.7. The second kappa shape index (κ2) is 7.86. The molecule has 2 atom stereocenters. The second-order valence-corrected chi connectivity index (χ2v) is 5.09.